The van der Waals surface area contributed by atoms with E-state index in [0.29, 0.717) is 5.88 Å². The lowest BCUT2D eigenvalue weighted by atomic mass is 10.2. The monoisotopic (exact) mass is 247 g/mol. The molecule has 3 nitrogen and oxygen atoms in total. The minimum absolute atomic E-state index is 0.495. The molecule has 0 aliphatic heterocycles. The van der Waals surface area contributed by atoms with Crippen LogP contribution in [0.4, 0.5) is 5.69 Å². The van der Waals surface area contributed by atoms with Crippen LogP contribution >= 0.6 is 11.6 Å². The number of alkyl halides is 1. The Morgan fingerprint density at radius 1 is 1.18 bits per heavy atom. The van der Waals surface area contributed by atoms with E-state index in [-0.39, 0.29) is 0 Å². The molecule has 0 radical (unpaired) electrons. The first-order chi connectivity index (χ1) is 8.31. The highest BCUT2D eigenvalue weighted by Crippen LogP contribution is 2.21. The van der Waals surface area contributed by atoms with Crippen LogP contribution in [0.2, 0.25) is 0 Å². The first-order valence-electron chi connectivity index (χ1n) is 5.40. The summed E-state index contributed by atoms with van der Waals surface area (Å²) >= 11 is 5.91. The first kappa shape index (κ1) is 11.9. The van der Waals surface area contributed by atoms with Gasteiger partial charge >= 0.3 is 0 Å². The third-order valence-corrected chi connectivity index (χ3v) is 2.87. The number of aromatic nitrogens is 2. The van der Waals surface area contributed by atoms with Gasteiger partial charge in [0.25, 0.3) is 0 Å². The molecule has 2 aromatic rings. The quantitative estimate of drug-likeness (QED) is 0.778. The van der Waals surface area contributed by atoms with Gasteiger partial charge in [-0.1, -0.05) is 6.07 Å². The Labute approximate surface area is 106 Å². The molecule has 4 heteroatoms. The molecule has 2 aromatic heterocycles. The van der Waals surface area contributed by atoms with Gasteiger partial charge in [-0.05, 0) is 23.3 Å². The fraction of sp³-hybridized carbons (Fsp3) is 0.231. The van der Waals surface area contributed by atoms with Crippen molar-refractivity contribution in [2.75, 3.05) is 11.9 Å². The van der Waals surface area contributed by atoms with Crippen molar-refractivity contribution >= 4 is 17.3 Å². The summed E-state index contributed by atoms with van der Waals surface area (Å²) in [7, 11) is 2.03. The van der Waals surface area contributed by atoms with Crippen molar-refractivity contribution in [3.05, 3.63) is 54.1 Å². The van der Waals surface area contributed by atoms with Crippen molar-refractivity contribution < 1.29 is 0 Å². The minimum Gasteiger partial charge on any atom is -0.369 e. The Bertz CT molecular complexity index is 473. The van der Waals surface area contributed by atoms with Crippen LogP contribution in [0.3, 0.4) is 0 Å². The summed E-state index contributed by atoms with van der Waals surface area (Å²) in [5, 5.41) is 0. The van der Waals surface area contributed by atoms with Crippen molar-refractivity contribution in [2.24, 2.45) is 0 Å². The Morgan fingerprint density at radius 2 is 2.00 bits per heavy atom. The zero-order valence-electron chi connectivity index (χ0n) is 9.68. The van der Waals surface area contributed by atoms with Gasteiger partial charge in [0.15, 0.2) is 0 Å². The Kier molecular flexibility index (Phi) is 3.94. The van der Waals surface area contributed by atoms with E-state index in [9.17, 15) is 0 Å². The highest BCUT2D eigenvalue weighted by atomic mass is 35.5. The van der Waals surface area contributed by atoms with Crippen molar-refractivity contribution in [1.29, 1.82) is 0 Å². The number of halogens is 1. The van der Waals surface area contributed by atoms with Crippen LogP contribution in [0.25, 0.3) is 0 Å². The molecule has 0 saturated carbocycles. The van der Waals surface area contributed by atoms with Gasteiger partial charge in [0, 0.05) is 38.1 Å². The normalized spacial score (nSPS) is 10.2. The molecule has 0 aliphatic carbocycles. The summed E-state index contributed by atoms with van der Waals surface area (Å²) in [5.41, 5.74) is 3.32. The number of hydrogen-bond donors (Lipinski definition) is 0. The number of anilines is 1. The molecule has 0 spiro atoms. The number of hydrogen-bond acceptors (Lipinski definition) is 3. The molecule has 0 aliphatic rings. The third-order valence-electron chi connectivity index (χ3n) is 2.59. The number of nitrogens with zero attached hydrogens (tertiary/aromatic N) is 3. The molecule has 0 fully saturated rings. The SMILES string of the molecule is CN(Cc1cccnc1)c1cnccc1CCl. The van der Waals surface area contributed by atoms with Crippen LogP contribution in [-0.2, 0) is 12.4 Å². The van der Waals surface area contributed by atoms with Crippen LogP contribution in [-0.4, -0.2) is 17.0 Å². The Hall–Kier alpha value is -1.61. The van der Waals surface area contributed by atoms with E-state index >= 15 is 0 Å². The Balaban J connectivity index is 2.17. The van der Waals surface area contributed by atoms with Gasteiger partial charge < -0.3 is 4.90 Å². The predicted molar refractivity (Wildman–Crippen MR) is 70.1 cm³/mol. The largest absolute Gasteiger partial charge is 0.369 e. The molecule has 0 bridgehead atoms. The fourth-order valence-corrected chi connectivity index (χ4v) is 1.95. The lowest BCUT2D eigenvalue weighted by Gasteiger charge is -2.21. The van der Waals surface area contributed by atoms with Gasteiger partial charge in [0.05, 0.1) is 11.9 Å². The maximum absolute atomic E-state index is 5.91. The highest BCUT2D eigenvalue weighted by Gasteiger charge is 2.07. The molecule has 2 heterocycles. The standard InChI is InChI=1S/C13H14ClN3/c1-17(10-11-3-2-5-15-8-11)13-9-16-6-4-12(13)7-14/h2-6,8-9H,7,10H2,1H3. The van der Waals surface area contributed by atoms with E-state index in [4.69, 9.17) is 11.6 Å². The summed E-state index contributed by atoms with van der Waals surface area (Å²) < 4.78 is 0. The van der Waals surface area contributed by atoms with Crippen molar-refractivity contribution in [2.45, 2.75) is 12.4 Å². The van der Waals surface area contributed by atoms with Gasteiger partial charge in [0.1, 0.15) is 0 Å². The van der Waals surface area contributed by atoms with Gasteiger partial charge in [-0.3, -0.25) is 9.97 Å². The fourth-order valence-electron chi connectivity index (χ4n) is 1.72. The van der Waals surface area contributed by atoms with Gasteiger partial charge in [-0.15, -0.1) is 11.6 Å². The first-order valence-corrected chi connectivity index (χ1v) is 5.93. The van der Waals surface area contributed by atoms with Crippen LogP contribution < -0.4 is 4.90 Å². The minimum atomic E-state index is 0.495. The third kappa shape index (κ3) is 2.94. The average molecular weight is 248 g/mol. The van der Waals surface area contributed by atoms with Crippen LogP contribution in [0.1, 0.15) is 11.1 Å². The van der Waals surface area contributed by atoms with Crippen molar-refractivity contribution in [3.63, 3.8) is 0 Å². The van der Waals surface area contributed by atoms with Crippen LogP contribution in [0, 0.1) is 0 Å². The topological polar surface area (TPSA) is 29.0 Å². The summed E-state index contributed by atoms with van der Waals surface area (Å²) in [5.74, 6) is 0.495. The van der Waals surface area contributed by atoms with E-state index in [2.05, 4.69) is 20.9 Å². The molecule has 0 unspecified atom stereocenters. The van der Waals surface area contributed by atoms with Crippen molar-refractivity contribution in [1.82, 2.24) is 9.97 Å². The van der Waals surface area contributed by atoms with E-state index in [1.807, 2.05) is 31.6 Å². The smallest absolute Gasteiger partial charge is 0.0597 e. The van der Waals surface area contributed by atoms with E-state index in [1.165, 1.54) is 5.56 Å². The second-order valence-corrected chi connectivity index (χ2v) is 4.12. The lowest BCUT2D eigenvalue weighted by molar-refractivity contribution is 0.903. The average Bonchev–Trinajstić information content (AvgIpc) is 2.40. The van der Waals surface area contributed by atoms with Gasteiger partial charge in [0.2, 0.25) is 0 Å². The molecular weight excluding hydrogens is 234 g/mol. The number of rotatable bonds is 4. The molecule has 17 heavy (non-hydrogen) atoms. The van der Waals surface area contributed by atoms with Gasteiger partial charge in [-0.2, -0.15) is 0 Å². The van der Waals surface area contributed by atoms with Crippen molar-refractivity contribution in [3.8, 4) is 0 Å². The highest BCUT2D eigenvalue weighted by molar-refractivity contribution is 6.17. The summed E-state index contributed by atoms with van der Waals surface area (Å²) in [6.45, 7) is 0.795. The zero-order valence-corrected chi connectivity index (χ0v) is 10.4. The van der Waals surface area contributed by atoms with Gasteiger partial charge in [-0.25, -0.2) is 0 Å². The van der Waals surface area contributed by atoms with E-state index in [0.717, 1.165) is 17.8 Å². The summed E-state index contributed by atoms with van der Waals surface area (Å²) in [6.07, 6.45) is 7.25. The number of pyridine rings is 2. The van der Waals surface area contributed by atoms with Crippen LogP contribution in [0.5, 0.6) is 0 Å². The lowest BCUT2D eigenvalue weighted by Crippen LogP contribution is -2.18. The summed E-state index contributed by atoms with van der Waals surface area (Å²) in [4.78, 5) is 10.4. The maximum atomic E-state index is 5.91. The van der Waals surface area contributed by atoms with E-state index < -0.39 is 0 Å². The molecule has 88 valence electrons. The second kappa shape index (κ2) is 5.64. The molecule has 0 aromatic carbocycles. The molecular formula is C13H14ClN3. The predicted octanol–water partition coefficient (Wildman–Crippen LogP) is 2.85. The molecule has 0 saturated heterocycles. The maximum Gasteiger partial charge on any atom is 0.0597 e. The molecule has 0 N–H and O–H groups in total. The Morgan fingerprint density at radius 3 is 2.71 bits per heavy atom. The molecule has 0 amide bonds. The molecule has 2 rings (SSSR count). The van der Waals surface area contributed by atoms with E-state index in [1.54, 1.807) is 12.4 Å². The summed E-state index contributed by atoms with van der Waals surface area (Å²) in [6, 6.07) is 5.94. The zero-order chi connectivity index (χ0) is 12.1. The second-order valence-electron chi connectivity index (χ2n) is 3.86. The van der Waals surface area contributed by atoms with Crippen LogP contribution in [0.15, 0.2) is 43.0 Å². The molecule has 0 atom stereocenters.